The van der Waals surface area contributed by atoms with Gasteiger partial charge in [-0.2, -0.15) is 0 Å². The number of imidazole rings is 1. The average molecular weight is 360 g/mol. The van der Waals surface area contributed by atoms with E-state index in [-0.39, 0.29) is 12.5 Å². The van der Waals surface area contributed by atoms with Crippen LogP contribution < -0.4 is 10.1 Å². The first kappa shape index (κ1) is 14.6. The normalized spacial score (nSPS) is 10.6. The maximum atomic E-state index is 12.0. The van der Waals surface area contributed by atoms with Crippen LogP contribution in [0.4, 0.5) is 5.69 Å². The SMILES string of the molecule is Cc1cn2cccc(OCC(=O)Nc3cccc(Br)c3)c2n1. The van der Waals surface area contributed by atoms with Gasteiger partial charge in [0.15, 0.2) is 18.0 Å². The minimum atomic E-state index is -0.219. The molecule has 0 bridgehead atoms. The van der Waals surface area contributed by atoms with Crippen molar-refractivity contribution in [1.29, 1.82) is 0 Å². The van der Waals surface area contributed by atoms with Gasteiger partial charge in [-0.05, 0) is 37.3 Å². The molecule has 112 valence electrons. The fourth-order valence-corrected chi connectivity index (χ4v) is 2.53. The Labute approximate surface area is 136 Å². The minimum Gasteiger partial charge on any atom is -0.480 e. The van der Waals surface area contributed by atoms with Crippen LogP contribution in [0.1, 0.15) is 5.69 Å². The first-order valence-electron chi connectivity index (χ1n) is 6.74. The predicted octanol–water partition coefficient (Wildman–Crippen LogP) is 3.42. The molecule has 0 unspecified atom stereocenters. The summed E-state index contributed by atoms with van der Waals surface area (Å²) in [5.41, 5.74) is 2.32. The Morgan fingerprint density at radius 2 is 2.23 bits per heavy atom. The molecule has 3 aromatic rings. The molecule has 0 saturated carbocycles. The summed E-state index contributed by atoms with van der Waals surface area (Å²) in [6, 6.07) is 11.1. The summed E-state index contributed by atoms with van der Waals surface area (Å²) in [6.45, 7) is 1.84. The second-order valence-electron chi connectivity index (χ2n) is 4.83. The molecule has 1 N–H and O–H groups in total. The van der Waals surface area contributed by atoms with Gasteiger partial charge in [0.25, 0.3) is 5.91 Å². The van der Waals surface area contributed by atoms with Crippen LogP contribution in [0.15, 0.2) is 53.3 Å². The van der Waals surface area contributed by atoms with Crippen LogP contribution in [0, 0.1) is 6.92 Å². The molecule has 2 heterocycles. The lowest BCUT2D eigenvalue weighted by atomic mass is 10.3. The predicted molar refractivity (Wildman–Crippen MR) is 88.2 cm³/mol. The number of carbonyl (C=O) groups excluding carboxylic acids is 1. The van der Waals surface area contributed by atoms with E-state index in [4.69, 9.17) is 4.74 Å². The number of nitrogens with zero attached hydrogens (tertiary/aromatic N) is 2. The van der Waals surface area contributed by atoms with Crippen molar-refractivity contribution in [2.24, 2.45) is 0 Å². The summed E-state index contributed by atoms with van der Waals surface area (Å²) >= 11 is 3.36. The molecule has 0 aliphatic rings. The highest BCUT2D eigenvalue weighted by Crippen LogP contribution is 2.19. The molecule has 22 heavy (non-hydrogen) atoms. The largest absolute Gasteiger partial charge is 0.480 e. The molecule has 0 fully saturated rings. The molecule has 0 atom stereocenters. The van der Waals surface area contributed by atoms with E-state index < -0.39 is 0 Å². The zero-order valence-electron chi connectivity index (χ0n) is 11.9. The molecular weight excluding hydrogens is 346 g/mol. The maximum Gasteiger partial charge on any atom is 0.262 e. The van der Waals surface area contributed by atoms with Crippen molar-refractivity contribution >= 4 is 33.2 Å². The molecule has 2 aromatic heterocycles. The van der Waals surface area contributed by atoms with Gasteiger partial charge in [0.1, 0.15) is 0 Å². The molecule has 1 amide bonds. The van der Waals surface area contributed by atoms with E-state index in [9.17, 15) is 4.79 Å². The van der Waals surface area contributed by atoms with Crippen LogP contribution in [0.2, 0.25) is 0 Å². The summed E-state index contributed by atoms with van der Waals surface area (Å²) < 4.78 is 8.37. The van der Waals surface area contributed by atoms with Crippen molar-refractivity contribution in [2.45, 2.75) is 6.92 Å². The molecule has 0 aliphatic heterocycles. The number of hydrogen-bond acceptors (Lipinski definition) is 3. The van der Waals surface area contributed by atoms with E-state index in [0.29, 0.717) is 11.4 Å². The molecule has 0 radical (unpaired) electrons. The molecule has 3 rings (SSSR count). The highest BCUT2D eigenvalue weighted by molar-refractivity contribution is 9.10. The van der Waals surface area contributed by atoms with E-state index in [1.165, 1.54) is 0 Å². The number of rotatable bonds is 4. The Balaban J connectivity index is 1.67. The third kappa shape index (κ3) is 3.28. The number of aromatic nitrogens is 2. The Morgan fingerprint density at radius 1 is 1.36 bits per heavy atom. The van der Waals surface area contributed by atoms with Crippen molar-refractivity contribution in [1.82, 2.24) is 9.38 Å². The number of amides is 1. The van der Waals surface area contributed by atoms with E-state index in [1.54, 1.807) is 6.07 Å². The molecule has 0 saturated heterocycles. The molecule has 0 aliphatic carbocycles. The average Bonchev–Trinajstić information content (AvgIpc) is 2.86. The summed E-state index contributed by atoms with van der Waals surface area (Å²) in [5, 5.41) is 2.79. The fraction of sp³-hybridized carbons (Fsp3) is 0.125. The van der Waals surface area contributed by atoms with Gasteiger partial charge in [-0.15, -0.1) is 0 Å². The number of ether oxygens (including phenoxy) is 1. The van der Waals surface area contributed by atoms with Gasteiger partial charge in [-0.1, -0.05) is 22.0 Å². The summed E-state index contributed by atoms with van der Waals surface area (Å²) in [7, 11) is 0. The fourth-order valence-electron chi connectivity index (χ4n) is 2.13. The van der Waals surface area contributed by atoms with Crippen molar-refractivity contribution in [2.75, 3.05) is 11.9 Å². The van der Waals surface area contributed by atoms with E-state index in [2.05, 4.69) is 26.2 Å². The summed E-state index contributed by atoms with van der Waals surface area (Å²) in [6.07, 6.45) is 3.80. The van der Waals surface area contributed by atoms with Gasteiger partial charge in [-0.25, -0.2) is 4.98 Å². The first-order chi connectivity index (χ1) is 10.6. The van der Waals surface area contributed by atoms with E-state index in [0.717, 1.165) is 15.9 Å². The Hall–Kier alpha value is -2.34. The third-order valence-corrected chi connectivity index (χ3v) is 3.53. The molecular formula is C16H14BrN3O2. The van der Waals surface area contributed by atoms with Gasteiger partial charge < -0.3 is 14.5 Å². The van der Waals surface area contributed by atoms with Crippen molar-refractivity contribution in [3.05, 3.63) is 59.0 Å². The van der Waals surface area contributed by atoms with Crippen LogP contribution in [-0.4, -0.2) is 21.9 Å². The van der Waals surface area contributed by atoms with Crippen LogP contribution in [0.3, 0.4) is 0 Å². The first-order valence-corrected chi connectivity index (χ1v) is 7.54. The van der Waals surface area contributed by atoms with Crippen LogP contribution >= 0.6 is 15.9 Å². The van der Waals surface area contributed by atoms with Gasteiger partial charge in [0.05, 0.1) is 5.69 Å². The zero-order chi connectivity index (χ0) is 15.5. The topological polar surface area (TPSA) is 55.6 Å². The van der Waals surface area contributed by atoms with Gasteiger partial charge in [0.2, 0.25) is 0 Å². The Bertz CT molecular complexity index is 829. The van der Waals surface area contributed by atoms with Crippen molar-refractivity contribution < 1.29 is 9.53 Å². The number of hydrogen-bond donors (Lipinski definition) is 1. The quantitative estimate of drug-likeness (QED) is 0.776. The molecule has 6 heteroatoms. The van der Waals surface area contributed by atoms with Crippen molar-refractivity contribution in [3.63, 3.8) is 0 Å². The molecule has 0 spiro atoms. The number of fused-ring (bicyclic) bond motifs is 1. The number of halogens is 1. The standard InChI is InChI=1S/C16H14BrN3O2/c1-11-9-20-7-3-6-14(16(20)18-11)22-10-15(21)19-13-5-2-4-12(17)8-13/h2-9H,10H2,1H3,(H,19,21). The number of anilines is 1. The Kier molecular flexibility index (Phi) is 4.11. The van der Waals surface area contributed by atoms with Crippen LogP contribution in [0.25, 0.3) is 5.65 Å². The van der Waals surface area contributed by atoms with Gasteiger partial charge in [0, 0.05) is 22.6 Å². The van der Waals surface area contributed by atoms with Crippen molar-refractivity contribution in [3.8, 4) is 5.75 Å². The van der Waals surface area contributed by atoms with Gasteiger partial charge in [-0.3, -0.25) is 4.79 Å². The van der Waals surface area contributed by atoms with Crippen LogP contribution in [-0.2, 0) is 4.79 Å². The number of aryl methyl sites for hydroxylation is 1. The smallest absolute Gasteiger partial charge is 0.262 e. The third-order valence-electron chi connectivity index (χ3n) is 3.03. The summed E-state index contributed by atoms with van der Waals surface area (Å²) in [5.74, 6) is 0.364. The van der Waals surface area contributed by atoms with E-state index in [1.807, 2.05) is 54.0 Å². The highest BCUT2D eigenvalue weighted by Gasteiger charge is 2.08. The lowest BCUT2D eigenvalue weighted by molar-refractivity contribution is -0.118. The lowest BCUT2D eigenvalue weighted by Crippen LogP contribution is -2.20. The monoisotopic (exact) mass is 359 g/mol. The number of nitrogens with one attached hydrogen (secondary N) is 1. The second kappa shape index (κ2) is 6.19. The molecule has 5 nitrogen and oxygen atoms in total. The maximum absolute atomic E-state index is 12.0. The van der Waals surface area contributed by atoms with Gasteiger partial charge >= 0.3 is 0 Å². The second-order valence-corrected chi connectivity index (χ2v) is 5.75. The Morgan fingerprint density at radius 3 is 3.05 bits per heavy atom. The van der Waals surface area contributed by atoms with Crippen LogP contribution in [0.5, 0.6) is 5.75 Å². The zero-order valence-corrected chi connectivity index (χ0v) is 13.5. The number of pyridine rings is 1. The highest BCUT2D eigenvalue weighted by atomic mass is 79.9. The van der Waals surface area contributed by atoms with E-state index >= 15 is 0 Å². The number of carbonyl (C=O) groups is 1. The molecule has 1 aromatic carbocycles. The minimum absolute atomic E-state index is 0.0713. The summed E-state index contributed by atoms with van der Waals surface area (Å²) in [4.78, 5) is 16.3. The lowest BCUT2D eigenvalue weighted by Gasteiger charge is -2.08. The number of benzene rings is 1.